The molecular weight excluding hydrogens is 290 g/mol. The first-order chi connectivity index (χ1) is 8.72. The summed E-state index contributed by atoms with van der Waals surface area (Å²) in [5.41, 5.74) is 1.23. The Bertz CT molecular complexity index is 559. The van der Waals surface area contributed by atoms with Crippen LogP contribution in [0.3, 0.4) is 0 Å². The Morgan fingerprint density at radius 2 is 1.89 bits per heavy atom. The minimum atomic E-state index is 0.0545. The number of benzene rings is 1. The maximum atomic E-state index is 11.9. The number of rotatable bonds is 4. The van der Waals surface area contributed by atoms with Gasteiger partial charge in [-0.2, -0.15) is 0 Å². The first-order valence-electron chi connectivity index (χ1n) is 6.15. The largest absolute Gasteiger partial charge is 0.308 e. The highest BCUT2D eigenvalue weighted by atomic mass is 79.9. The van der Waals surface area contributed by atoms with Gasteiger partial charge < -0.3 is 4.57 Å². The first-order valence-corrected chi connectivity index (χ1v) is 6.94. The van der Waals surface area contributed by atoms with Gasteiger partial charge in [-0.3, -0.25) is 4.79 Å². The molecule has 0 aliphatic carbocycles. The maximum Gasteiger partial charge on any atom is 0.251 e. The zero-order valence-electron chi connectivity index (χ0n) is 10.3. The van der Waals surface area contributed by atoms with Gasteiger partial charge in [0, 0.05) is 16.7 Å². The fourth-order valence-electron chi connectivity index (χ4n) is 2.12. The minimum Gasteiger partial charge on any atom is -0.308 e. The van der Waals surface area contributed by atoms with E-state index in [-0.39, 0.29) is 11.6 Å². The van der Waals surface area contributed by atoms with Gasteiger partial charge in [0.2, 0.25) is 0 Å². The maximum absolute atomic E-state index is 11.9. The predicted octanol–water partition coefficient (Wildman–Crippen LogP) is 4.00. The molecule has 0 saturated heterocycles. The van der Waals surface area contributed by atoms with Crippen molar-refractivity contribution >= 4 is 15.9 Å². The van der Waals surface area contributed by atoms with Crippen LogP contribution in [0.1, 0.15) is 31.4 Å². The summed E-state index contributed by atoms with van der Waals surface area (Å²) in [5, 5.41) is 0. The van der Waals surface area contributed by atoms with Crippen LogP contribution in [0.5, 0.6) is 0 Å². The molecule has 0 bridgehead atoms. The lowest BCUT2D eigenvalue weighted by molar-refractivity contribution is 0.518. The van der Waals surface area contributed by atoms with Gasteiger partial charge in [-0.25, -0.2) is 0 Å². The Morgan fingerprint density at radius 3 is 2.50 bits per heavy atom. The number of pyridine rings is 1. The van der Waals surface area contributed by atoms with Crippen molar-refractivity contribution in [3.63, 3.8) is 0 Å². The first kappa shape index (κ1) is 13.1. The molecule has 1 aromatic carbocycles. The van der Waals surface area contributed by atoms with Gasteiger partial charge in [0.15, 0.2) is 0 Å². The monoisotopic (exact) mass is 305 g/mol. The molecule has 2 rings (SSSR count). The van der Waals surface area contributed by atoms with Crippen LogP contribution in [-0.4, -0.2) is 4.57 Å². The highest BCUT2D eigenvalue weighted by molar-refractivity contribution is 9.10. The smallest absolute Gasteiger partial charge is 0.251 e. The summed E-state index contributed by atoms with van der Waals surface area (Å²) in [6.07, 6.45) is 3.87. The van der Waals surface area contributed by atoms with Crippen molar-refractivity contribution in [2.24, 2.45) is 0 Å². The van der Waals surface area contributed by atoms with Crippen molar-refractivity contribution in [1.29, 1.82) is 0 Å². The molecule has 1 heterocycles. The summed E-state index contributed by atoms with van der Waals surface area (Å²) < 4.78 is 2.87. The summed E-state index contributed by atoms with van der Waals surface area (Å²) >= 11 is 3.44. The molecule has 94 valence electrons. The average molecular weight is 306 g/mol. The molecule has 0 N–H and O–H groups in total. The van der Waals surface area contributed by atoms with Gasteiger partial charge in [-0.1, -0.05) is 47.5 Å². The quantitative estimate of drug-likeness (QED) is 0.837. The van der Waals surface area contributed by atoms with Crippen LogP contribution >= 0.6 is 15.9 Å². The molecule has 0 fully saturated rings. The highest BCUT2D eigenvalue weighted by Crippen LogP contribution is 2.23. The van der Waals surface area contributed by atoms with Crippen LogP contribution in [0.15, 0.2) is 57.9 Å². The summed E-state index contributed by atoms with van der Waals surface area (Å²) in [6, 6.07) is 13.6. The van der Waals surface area contributed by atoms with Crippen molar-refractivity contribution < 1.29 is 0 Å². The fourth-order valence-corrected chi connectivity index (χ4v) is 2.39. The van der Waals surface area contributed by atoms with E-state index < -0.39 is 0 Å². The molecule has 0 saturated carbocycles. The summed E-state index contributed by atoms with van der Waals surface area (Å²) in [7, 11) is 0. The summed E-state index contributed by atoms with van der Waals surface area (Å²) in [5.74, 6) is 0. The van der Waals surface area contributed by atoms with Crippen LogP contribution in [0.4, 0.5) is 0 Å². The summed E-state index contributed by atoms with van der Waals surface area (Å²) in [6.45, 7) is 2.14. The second-order valence-electron chi connectivity index (χ2n) is 4.30. The van der Waals surface area contributed by atoms with E-state index >= 15 is 0 Å². The Labute approximate surface area is 115 Å². The third-order valence-corrected chi connectivity index (χ3v) is 3.53. The lowest BCUT2D eigenvalue weighted by atomic mass is 10.0. The zero-order chi connectivity index (χ0) is 13.0. The molecule has 3 heteroatoms. The van der Waals surface area contributed by atoms with Crippen molar-refractivity contribution in [3.8, 4) is 0 Å². The molecule has 0 radical (unpaired) electrons. The third-order valence-electron chi connectivity index (χ3n) is 3.00. The zero-order valence-corrected chi connectivity index (χ0v) is 11.9. The molecule has 18 heavy (non-hydrogen) atoms. The van der Waals surface area contributed by atoms with Crippen LogP contribution in [-0.2, 0) is 0 Å². The molecule has 2 aromatic rings. The van der Waals surface area contributed by atoms with Gasteiger partial charge in [-0.15, -0.1) is 0 Å². The van der Waals surface area contributed by atoms with Crippen LogP contribution in [0.25, 0.3) is 0 Å². The topological polar surface area (TPSA) is 22.0 Å². The minimum absolute atomic E-state index is 0.0545. The van der Waals surface area contributed by atoms with Crippen molar-refractivity contribution in [1.82, 2.24) is 4.57 Å². The third kappa shape index (κ3) is 2.91. The van der Waals surface area contributed by atoms with Crippen molar-refractivity contribution in [2.45, 2.75) is 25.8 Å². The van der Waals surface area contributed by atoms with Gasteiger partial charge in [0.1, 0.15) is 0 Å². The molecule has 0 aliphatic rings. The van der Waals surface area contributed by atoms with Gasteiger partial charge in [-0.05, 0) is 30.2 Å². The highest BCUT2D eigenvalue weighted by Gasteiger charge is 2.13. The van der Waals surface area contributed by atoms with Gasteiger partial charge >= 0.3 is 0 Å². The van der Waals surface area contributed by atoms with Crippen molar-refractivity contribution in [2.75, 3.05) is 0 Å². The Balaban J connectivity index is 2.43. The lowest BCUT2D eigenvalue weighted by Crippen LogP contribution is -2.23. The van der Waals surface area contributed by atoms with Crippen LogP contribution in [0, 0.1) is 0 Å². The SMILES string of the molecule is CCCC(c1ccc(Br)cc1)n1ccccc1=O. The Morgan fingerprint density at radius 1 is 1.17 bits per heavy atom. The number of halogens is 1. The van der Waals surface area contributed by atoms with E-state index in [0.717, 1.165) is 17.3 Å². The van der Waals surface area contributed by atoms with E-state index in [1.165, 1.54) is 5.56 Å². The Hall–Kier alpha value is -1.35. The molecule has 0 aliphatic heterocycles. The summed E-state index contributed by atoms with van der Waals surface area (Å²) in [4.78, 5) is 11.9. The molecule has 0 amide bonds. The second-order valence-corrected chi connectivity index (χ2v) is 5.22. The van der Waals surface area contributed by atoms with E-state index in [2.05, 4.69) is 35.0 Å². The molecule has 1 atom stereocenters. The lowest BCUT2D eigenvalue weighted by Gasteiger charge is -2.19. The normalized spacial score (nSPS) is 12.3. The molecular formula is C15H16BrNO. The average Bonchev–Trinajstić information content (AvgIpc) is 2.38. The van der Waals surface area contributed by atoms with E-state index in [1.807, 2.05) is 29.0 Å². The van der Waals surface area contributed by atoms with Gasteiger partial charge in [0.25, 0.3) is 5.56 Å². The second kappa shape index (κ2) is 6.01. The Kier molecular flexibility index (Phi) is 4.37. The molecule has 0 spiro atoms. The predicted molar refractivity (Wildman–Crippen MR) is 77.9 cm³/mol. The van der Waals surface area contributed by atoms with Crippen LogP contribution in [0.2, 0.25) is 0 Å². The number of hydrogen-bond acceptors (Lipinski definition) is 1. The molecule has 1 unspecified atom stereocenters. The standard InChI is InChI=1S/C15H16BrNO/c1-2-5-14(12-7-9-13(16)10-8-12)17-11-4-3-6-15(17)18/h3-4,6-11,14H,2,5H2,1H3. The van der Waals surface area contributed by atoms with E-state index in [1.54, 1.807) is 12.1 Å². The fraction of sp³-hybridized carbons (Fsp3) is 0.267. The number of hydrogen-bond donors (Lipinski definition) is 0. The van der Waals surface area contributed by atoms with E-state index in [0.29, 0.717) is 0 Å². The molecule has 1 aromatic heterocycles. The van der Waals surface area contributed by atoms with Crippen molar-refractivity contribution in [3.05, 3.63) is 69.1 Å². The number of nitrogens with zero attached hydrogens (tertiary/aromatic N) is 1. The number of aromatic nitrogens is 1. The van der Waals surface area contributed by atoms with Gasteiger partial charge in [0.05, 0.1) is 6.04 Å². The van der Waals surface area contributed by atoms with E-state index in [9.17, 15) is 4.79 Å². The van der Waals surface area contributed by atoms with E-state index in [4.69, 9.17) is 0 Å². The van der Waals surface area contributed by atoms with Crippen LogP contribution < -0.4 is 5.56 Å². The molecule has 2 nitrogen and oxygen atoms in total.